The molecule has 0 aliphatic carbocycles. The maximum absolute atomic E-state index is 12.8. The lowest BCUT2D eigenvalue weighted by Crippen LogP contribution is -2.32. The SMILES string of the molecule is CCCCCCCCC(CCCCCC)COC(=O)CCCCCC(CCCCCC(=O)OCC(CCCCCCC)CCCCCCCC)N(C)CCCCO. The molecule has 0 radical (unpaired) electrons. The fraction of sp³-hybridized carbons (Fsp3) is 0.961. The molecule has 57 heavy (non-hydrogen) atoms. The van der Waals surface area contributed by atoms with E-state index in [1.807, 2.05) is 0 Å². The van der Waals surface area contributed by atoms with Crippen molar-refractivity contribution >= 4 is 11.9 Å². The fourth-order valence-corrected chi connectivity index (χ4v) is 8.40. The van der Waals surface area contributed by atoms with Crippen molar-refractivity contribution in [3.8, 4) is 0 Å². The van der Waals surface area contributed by atoms with Crippen LogP contribution in [0.3, 0.4) is 0 Å². The number of ether oxygens (including phenoxy) is 2. The fourth-order valence-electron chi connectivity index (χ4n) is 8.40. The lowest BCUT2D eigenvalue weighted by atomic mass is 9.95. The molecule has 0 heterocycles. The van der Waals surface area contributed by atoms with Gasteiger partial charge in [0.15, 0.2) is 0 Å². The first-order valence-corrected chi connectivity index (χ1v) is 25.5. The molecule has 6 heteroatoms. The summed E-state index contributed by atoms with van der Waals surface area (Å²) < 4.78 is 11.7. The largest absolute Gasteiger partial charge is 0.465 e. The van der Waals surface area contributed by atoms with E-state index in [1.54, 1.807) is 0 Å². The second kappa shape index (κ2) is 44.4. The molecule has 0 bridgehead atoms. The zero-order chi connectivity index (χ0) is 41.9. The van der Waals surface area contributed by atoms with Crippen molar-refractivity contribution in [3.05, 3.63) is 0 Å². The zero-order valence-corrected chi connectivity index (χ0v) is 39.3. The van der Waals surface area contributed by atoms with Crippen molar-refractivity contribution < 1.29 is 24.2 Å². The summed E-state index contributed by atoms with van der Waals surface area (Å²) in [6.07, 6.45) is 43.5. The molecule has 3 atom stereocenters. The van der Waals surface area contributed by atoms with Crippen molar-refractivity contribution in [1.82, 2.24) is 4.90 Å². The molecule has 0 saturated heterocycles. The average molecular weight is 808 g/mol. The Morgan fingerprint density at radius 3 is 1.11 bits per heavy atom. The highest BCUT2D eigenvalue weighted by molar-refractivity contribution is 5.69. The summed E-state index contributed by atoms with van der Waals surface area (Å²) in [5, 5.41) is 9.32. The highest BCUT2D eigenvalue weighted by atomic mass is 16.5. The molecule has 3 unspecified atom stereocenters. The molecule has 6 nitrogen and oxygen atoms in total. The van der Waals surface area contributed by atoms with Crippen molar-refractivity contribution in [1.29, 1.82) is 0 Å². The number of aliphatic hydroxyl groups excluding tert-OH is 1. The van der Waals surface area contributed by atoms with E-state index in [2.05, 4.69) is 39.6 Å². The molecule has 0 spiro atoms. The van der Waals surface area contributed by atoms with Crippen LogP contribution in [0.2, 0.25) is 0 Å². The van der Waals surface area contributed by atoms with Gasteiger partial charge < -0.3 is 19.5 Å². The molecule has 0 rings (SSSR count). The molecule has 0 saturated carbocycles. The summed E-state index contributed by atoms with van der Waals surface area (Å²) in [6.45, 7) is 11.5. The van der Waals surface area contributed by atoms with Gasteiger partial charge in [-0.25, -0.2) is 0 Å². The first kappa shape index (κ1) is 55.9. The summed E-state index contributed by atoms with van der Waals surface area (Å²) in [5.41, 5.74) is 0. The van der Waals surface area contributed by atoms with Crippen LogP contribution in [0.25, 0.3) is 0 Å². The minimum Gasteiger partial charge on any atom is -0.465 e. The first-order valence-electron chi connectivity index (χ1n) is 25.5. The van der Waals surface area contributed by atoms with E-state index in [4.69, 9.17) is 9.47 Å². The van der Waals surface area contributed by atoms with E-state index in [9.17, 15) is 14.7 Å². The van der Waals surface area contributed by atoms with Crippen molar-refractivity contribution in [3.63, 3.8) is 0 Å². The lowest BCUT2D eigenvalue weighted by Gasteiger charge is -2.28. The third-order valence-electron chi connectivity index (χ3n) is 12.5. The Morgan fingerprint density at radius 2 is 0.737 bits per heavy atom. The Kier molecular flexibility index (Phi) is 43.5. The Hall–Kier alpha value is -1.14. The second-order valence-electron chi connectivity index (χ2n) is 18.0. The van der Waals surface area contributed by atoms with E-state index < -0.39 is 0 Å². The van der Waals surface area contributed by atoms with Gasteiger partial charge in [0.05, 0.1) is 13.2 Å². The van der Waals surface area contributed by atoms with Crippen LogP contribution >= 0.6 is 0 Å². The second-order valence-corrected chi connectivity index (χ2v) is 18.0. The molecule has 0 aromatic carbocycles. The standard InChI is InChI=1S/C51H101NO5/c1-6-10-14-18-21-27-37-47(35-25-17-13-9-4)45-56-50(54)41-31-23-29-39-49(52(5)43-33-34-44-53)40-30-24-32-42-51(55)57-46-48(36-26-20-16-12-8-3)38-28-22-19-15-11-7-2/h47-49,53H,6-46H2,1-5H3. The minimum absolute atomic E-state index is 0.00886. The van der Waals surface area contributed by atoms with Gasteiger partial charge in [-0.1, -0.05) is 188 Å². The lowest BCUT2D eigenvalue weighted by molar-refractivity contribution is -0.146. The van der Waals surface area contributed by atoms with E-state index >= 15 is 0 Å². The minimum atomic E-state index is -0.0107. The van der Waals surface area contributed by atoms with Crippen LogP contribution in [0.15, 0.2) is 0 Å². The van der Waals surface area contributed by atoms with Gasteiger partial charge in [0.25, 0.3) is 0 Å². The van der Waals surface area contributed by atoms with Crippen LogP contribution in [-0.4, -0.2) is 61.4 Å². The third kappa shape index (κ3) is 38.8. The van der Waals surface area contributed by atoms with Crippen LogP contribution in [0.4, 0.5) is 0 Å². The number of aliphatic hydroxyl groups is 1. The number of carbonyl (C=O) groups is 2. The predicted octanol–water partition coefficient (Wildman–Crippen LogP) is 15.1. The number of rotatable bonds is 46. The summed E-state index contributed by atoms with van der Waals surface area (Å²) >= 11 is 0. The summed E-state index contributed by atoms with van der Waals surface area (Å²) in [5.74, 6) is 1.02. The molecule has 1 N–H and O–H groups in total. The molecule has 0 aromatic heterocycles. The first-order chi connectivity index (χ1) is 27.9. The monoisotopic (exact) mass is 808 g/mol. The van der Waals surface area contributed by atoms with Gasteiger partial charge in [-0.05, 0) is 89.6 Å². The molecular weight excluding hydrogens is 707 g/mol. The van der Waals surface area contributed by atoms with Crippen LogP contribution in [0.5, 0.6) is 0 Å². The van der Waals surface area contributed by atoms with E-state index in [0.29, 0.717) is 43.9 Å². The number of unbranched alkanes of at least 4 members (excludes halogenated alkanes) is 22. The predicted molar refractivity (Wildman–Crippen MR) is 246 cm³/mol. The van der Waals surface area contributed by atoms with Gasteiger partial charge in [-0.3, -0.25) is 9.59 Å². The van der Waals surface area contributed by atoms with Gasteiger partial charge in [-0.15, -0.1) is 0 Å². The van der Waals surface area contributed by atoms with Gasteiger partial charge in [0.1, 0.15) is 0 Å². The van der Waals surface area contributed by atoms with Crippen LogP contribution in [0.1, 0.15) is 265 Å². The molecular formula is C51H101NO5. The van der Waals surface area contributed by atoms with Crippen LogP contribution in [0, 0.1) is 11.8 Å². The average Bonchev–Trinajstić information content (AvgIpc) is 3.21. The van der Waals surface area contributed by atoms with Gasteiger partial charge in [0, 0.05) is 25.5 Å². The molecule has 0 aliphatic rings. The summed E-state index contributed by atoms with van der Waals surface area (Å²) in [6, 6.07) is 0.498. The van der Waals surface area contributed by atoms with Gasteiger partial charge in [0.2, 0.25) is 0 Å². The smallest absolute Gasteiger partial charge is 0.305 e. The van der Waals surface area contributed by atoms with E-state index in [-0.39, 0.29) is 18.5 Å². The maximum atomic E-state index is 12.8. The Balaban J connectivity index is 4.59. The van der Waals surface area contributed by atoms with Crippen molar-refractivity contribution in [2.75, 3.05) is 33.4 Å². The summed E-state index contributed by atoms with van der Waals surface area (Å²) in [7, 11) is 2.23. The van der Waals surface area contributed by atoms with E-state index in [0.717, 1.165) is 70.8 Å². The Bertz CT molecular complexity index is 836. The Labute approximate surface area is 356 Å². The number of carbonyl (C=O) groups excluding carboxylic acids is 2. The number of esters is 2. The highest BCUT2D eigenvalue weighted by Crippen LogP contribution is 2.23. The van der Waals surface area contributed by atoms with Crippen LogP contribution in [-0.2, 0) is 19.1 Å². The molecule has 0 aliphatic heterocycles. The third-order valence-corrected chi connectivity index (χ3v) is 12.5. The summed E-state index contributed by atoms with van der Waals surface area (Å²) in [4.78, 5) is 28.0. The van der Waals surface area contributed by atoms with Crippen molar-refractivity contribution in [2.24, 2.45) is 11.8 Å². The normalized spacial score (nSPS) is 13.2. The number of nitrogens with zero attached hydrogens (tertiary/aromatic N) is 1. The van der Waals surface area contributed by atoms with Gasteiger partial charge in [-0.2, -0.15) is 0 Å². The van der Waals surface area contributed by atoms with Crippen LogP contribution < -0.4 is 0 Å². The number of hydrogen-bond donors (Lipinski definition) is 1. The van der Waals surface area contributed by atoms with Crippen molar-refractivity contribution in [2.45, 2.75) is 271 Å². The van der Waals surface area contributed by atoms with Gasteiger partial charge >= 0.3 is 11.9 Å². The zero-order valence-electron chi connectivity index (χ0n) is 39.3. The number of hydrogen-bond acceptors (Lipinski definition) is 6. The topological polar surface area (TPSA) is 76.1 Å². The highest BCUT2D eigenvalue weighted by Gasteiger charge is 2.17. The molecule has 0 amide bonds. The quantitative estimate of drug-likeness (QED) is 0.0488. The maximum Gasteiger partial charge on any atom is 0.305 e. The molecule has 0 fully saturated rings. The van der Waals surface area contributed by atoms with E-state index in [1.165, 1.54) is 161 Å². The molecule has 0 aromatic rings. The Morgan fingerprint density at radius 1 is 0.421 bits per heavy atom. The molecule has 340 valence electrons.